The fourth-order valence-electron chi connectivity index (χ4n) is 4.98. The molecule has 0 aliphatic heterocycles. The third-order valence-electron chi connectivity index (χ3n) is 7.28. The molecule has 45 heavy (non-hydrogen) atoms. The molecule has 4 aromatic rings. The number of para-hydroxylation sites is 1. The van der Waals surface area contributed by atoms with Gasteiger partial charge in [0.15, 0.2) is 11.5 Å². The van der Waals surface area contributed by atoms with E-state index >= 15 is 0 Å². The highest BCUT2D eigenvalue weighted by molar-refractivity contribution is 5.95. The van der Waals surface area contributed by atoms with Crippen LogP contribution in [-0.2, 0) is 11.2 Å². The number of aromatic carboxylic acids is 1. The molecule has 1 heterocycles. The van der Waals surface area contributed by atoms with Gasteiger partial charge in [0.05, 0.1) is 23.3 Å². The largest absolute Gasteiger partial charge is 0.490 e. The van der Waals surface area contributed by atoms with Crippen molar-refractivity contribution in [2.24, 2.45) is 11.1 Å². The summed E-state index contributed by atoms with van der Waals surface area (Å²) >= 11 is 0. The monoisotopic (exact) mass is 614 g/mol. The minimum Gasteiger partial charge on any atom is -0.490 e. The zero-order chi connectivity index (χ0) is 32.9. The van der Waals surface area contributed by atoms with E-state index in [9.17, 15) is 19.5 Å². The molecule has 4 rings (SSSR count). The Morgan fingerprint density at radius 3 is 2.38 bits per heavy atom. The van der Waals surface area contributed by atoms with Gasteiger partial charge in [-0.25, -0.2) is 9.59 Å². The van der Waals surface area contributed by atoms with Crippen molar-refractivity contribution in [2.45, 2.75) is 33.1 Å². The van der Waals surface area contributed by atoms with Crippen LogP contribution in [0.1, 0.15) is 59.6 Å². The van der Waals surface area contributed by atoms with Crippen LogP contribution < -0.4 is 20.9 Å². The molecule has 1 atom stereocenters. The smallest absolute Gasteiger partial charge is 0.348 e. The van der Waals surface area contributed by atoms with Crippen molar-refractivity contribution in [1.29, 1.82) is 5.41 Å². The van der Waals surface area contributed by atoms with Crippen LogP contribution in [-0.4, -0.2) is 69.8 Å². The van der Waals surface area contributed by atoms with Crippen molar-refractivity contribution >= 4 is 17.7 Å². The Bertz CT molecular complexity index is 1760. The molecular weight excluding hydrogens is 576 g/mol. The Balaban J connectivity index is 1.77. The summed E-state index contributed by atoms with van der Waals surface area (Å²) in [4.78, 5) is 42.0. The van der Waals surface area contributed by atoms with Crippen LogP contribution in [0.15, 0.2) is 71.5 Å². The molecule has 1 unspecified atom stereocenters. The van der Waals surface area contributed by atoms with E-state index in [0.29, 0.717) is 35.9 Å². The van der Waals surface area contributed by atoms with E-state index in [4.69, 9.17) is 20.6 Å². The maximum absolute atomic E-state index is 13.2. The number of benzene rings is 3. The van der Waals surface area contributed by atoms with Gasteiger partial charge in [-0.15, -0.1) is 5.10 Å². The number of nitrogen functional groups attached to an aromatic ring is 1. The van der Waals surface area contributed by atoms with Gasteiger partial charge in [0.25, 0.3) is 0 Å². The van der Waals surface area contributed by atoms with E-state index in [-0.39, 0.29) is 29.6 Å². The van der Waals surface area contributed by atoms with Crippen LogP contribution in [0.25, 0.3) is 5.69 Å². The van der Waals surface area contributed by atoms with Crippen molar-refractivity contribution in [3.63, 3.8) is 0 Å². The van der Waals surface area contributed by atoms with Gasteiger partial charge in [-0.05, 0) is 62.6 Å². The van der Waals surface area contributed by atoms with Crippen molar-refractivity contribution < 1.29 is 24.2 Å². The normalized spacial score (nSPS) is 11.9. The molecule has 0 fully saturated rings. The van der Waals surface area contributed by atoms with E-state index in [1.807, 2.05) is 45.0 Å². The number of hydrogen-bond acceptors (Lipinski definition) is 7. The van der Waals surface area contributed by atoms with E-state index in [2.05, 4.69) is 10.1 Å². The van der Waals surface area contributed by atoms with Crippen LogP contribution in [0.5, 0.6) is 11.5 Å². The molecule has 0 saturated carbocycles. The van der Waals surface area contributed by atoms with Crippen molar-refractivity contribution in [3.05, 3.63) is 105 Å². The average Bonchev–Trinajstić information content (AvgIpc) is 3.39. The number of H-pyrrole nitrogens is 1. The summed E-state index contributed by atoms with van der Waals surface area (Å²) in [6, 6.07) is 18.8. The Kier molecular flexibility index (Phi) is 9.75. The summed E-state index contributed by atoms with van der Waals surface area (Å²) in [6.45, 7) is 5.95. The van der Waals surface area contributed by atoms with E-state index in [1.54, 1.807) is 44.4 Å². The number of nitrogens with two attached hydrogens (primary N) is 1. The molecule has 12 heteroatoms. The van der Waals surface area contributed by atoms with Gasteiger partial charge >= 0.3 is 11.7 Å². The molecule has 1 amide bonds. The number of carbonyl (C=O) groups is 2. The van der Waals surface area contributed by atoms with Crippen LogP contribution in [0, 0.1) is 10.8 Å². The molecule has 0 aliphatic carbocycles. The Labute approximate surface area is 260 Å². The van der Waals surface area contributed by atoms with Gasteiger partial charge in [-0.1, -0.05) is 42.5 Å². The lowest BCUT2D eigenvalue weighted by molar-refractivity contribution is -0.139. The Morgan fingerprint density at radius 2 is 1.76 bits per heavy atom. The summed E-state index contributed by atoms with van der Waals surface area (Å²) in [5.74, 6) is -0.583. The van der Waals surface area contributed by atoms with Gasteiger partial charge in [0.1, 0.15) is 18.3 Å². The SMILES string of the molecule is CCOc1cc(C(Cc2ccc(C(=N)N)cc2)c2nn(-c3ccccc3C(=O)O)c(=O)[nH]2)ccc1OCC(C)(C)C(=O)N(C)C. The Hall–Kier alpha value is -5.39. The highest BCUT2D eigenvalue weighted by Crippen LogP contribution is 2.35. The van der Waals surface area contributed by atoms with Gasteiger partial charge in [-0.2, -0.15) is 4.68 Å². The quantitative estimate of drug-likeness (QED) is 0.130. The maximum atomic E-state index is 13.2. The fourth-order valence-corrected chi connectivity index (χ4v) is 4.98. The lowest BCUT2D eigenvalue weighted by Crippen LogP contribution is -2.40. The summed E-state index contributed by atoms with van der Waals surface area (Å²) in [5, 5.41) is 22.0. The fraction of sp³-hybridized carbons (Fsp3) is 0.303. The number of hydrogen-bond donors (Lipinski definition) is 4. The molecule has 236 valence electrons. The summed E-state index contributed by atoms with van der Waals surface area (Å²) in [7, 11) is 3.40. The summed E-state index contributed by atoms with van der Waals surface area (Å²) < 4.78 is 13.1. The van der Waals surface area contributed by atoms with E-state index < -0.39 is 23.0 Å². The minimum atomic E-state index is -1.18. The zero-order valence-corrected chi connectivity index (χ0v) is 26.0. The first-order chi connectivity index (χ1) is 21.3. The number of carboxylic acid groups (broad SMARTS) is 1. The van der Waals surface area contributed by atoms with Crippen LogP contribution in [0.3, 0.4) is 0 Å². The standard InChI is InChI=1S/C33H38N6O6/c1-6-44-27-18-22(15-16-26(27)45-19-33(2,3)31(42)38(4)5)24(17-20-11-13-21(14-12-20)28(34)35)29-36-32(43)39(37-29)25-10-8-7-9-23(25)30(40)41/h7-16,18,24H,6,17,19H2,1-5H3,(H3,34,35)(H,40,41)(H,36,37,43). The first-order valence-corrected chi connectivity index (χ1v) is 14.4. The van der Waals surface area contributed by atoms with E-state index in [0.717, 1.165) is 15.8 Å². The highest BCUT2D eigenvalue weighted by atomic mass is 16.5. The molecule has 3 aromatic carbocycles. The molecule has 0 spiro atoms. The third-order valence-corrected chi connectivity index (χ3v) is 7.28. The van der Waals surface area contributed by atoms with Crippen molar-refractivity contribution in [3.8, 4) is 17.2 Å². The molecule has 5 N–H and O–H groups in total. The van der Waals surface area contributed by atoms with E-state index in [1.165, 1.54) is 17.0 Å². The second-order valence-electron chi connectivity index (χ2n) is 11.4. The number of rotatable bonds is 13. The van der Waals surface area contributed by atoms with Gasteiger partial charge in [0, 0.05) is 25.6 Å². The molecule has 0 aliphatic rings. The van der Waals surface area contributed by atoms with Crippen LogP contribution in [0.2, 0.25) is 0 Å². The molecule has 0 bridgehead atoms. The highest BCUT2D eigenvalue weighted by Gasteiger charge is 2.31. The van der Waals surface area contributed by atoms with Gasteiger partial charge in [0.2, 0.25) is 5.91 Å². The maximum Gasteiger partial charge on any atom is 0.348 e. The average molecular weight is 615 g/mol. The number of aromatic amines is 1. The lowest BCUT2D eigenvalue weighted by atomic mass is 9.90. The number of carboxylic acids is 1. The second-order valence-corrected chi connectivity index (χ2v) is 11.4. The molecule has 1 aromatic heterocycles. The number of amides is 1. The summed E-state index contributed by atoms with van der Waals surface area (Å²) in [6.07, 6.45) is 0.391. The van der Waals surface area contributed by atoms with Gasteiger partial charge in [-0.3, -0.25) is 15.2 Å². The van der Waals surface area contributed by atoms with Crippen molar-refractivity contribution in [1.82, 2.24) is 19.7 Å². The Morgan fingerprint density at radius 1 is 1.07 bits per heavy atom. The molecule has 0 radical (unpaired) electrons. The number of ether oxygens (including phenoxy) is 2. The number of nitrogens with zero attached hydrogens (tertiary/aromatic N) is 3. The van der Waals surface area contributed by atoms with Crippen molar-refractivity contribution in [2.75, 3.05) is 27.3 Å². The number of amidine groups is 1. The molecule has 0 saturated heterocycles. The summed E-state index contributed by atoms with van der Waals surface area (Å²) in [5.41, 5.74) is 6.55. The first-order valence-electron chi connectivity index (χ1n) is 14.4. The predicted octanol–water partition coefficient (Wildman–Crippen LogP) is 3.81. The second kappa shape index (κ2) is 13.5. The minimum absolute atomic E-state index is 0.0503. The number of carbonyl (C=O) groups excluding carboxylic acids is 1. The molecule has 12 nitrogen and oxygen atoms in total. The topological polar surface area (TPSA) is 177 Å². The zero-order valence-electron chi connectivity index (χ0n) is 26.0. The van der Waals surface area contributed by atoms with Crippen LogP contribution in [0.4, 0.5) is 0 Å². The predicted molar refractivity (Wildman–Crippen MR) is 170 cm³/mol. The van der Waals surface area contributed by atoms with Crippen LogP contribution >= 0.6 is 0 Å². The number of aromatic nitrogens is 3. The molecular formula is C33H38N6O6. The third kappa shape index (κ3) is 7.40. The lowest BCUT2D eigenvalue weighted by Gasteiger charge is -2.27. The number of nitrogens with one attached hydrogen (secondary N) is 2. The van der Waals surface area contributed by atoms with Gasteiger partial charge < -0.3 is 25.2 Å². The first kappa shape index (κ1) is 32.5.